The van der Waals surface area contributed by atoms with Gasteiger partial charge in [-0.1, -0.05) is 11.6 Å². The molecule has 1 heterocycles. The number of rotatable bonds is 4. The molecule has 6 heteroatoms. The Hall–Kier alpha value is -1.88. The largest absolute Gasteiger partial charge is 0.484 e. The second kappa shape index (κ2) is 5.40. The van der Waals surface area contributed by atoms with Crippen LogP contribution in [0.25, 0.3) is 0 Å². The first-order chi connectivity index (χ1) is 8.99. The first-order valence-corrected chi connectivity index (χ1v) is 6.15. The topological polar surface area (TPSA) is 57.0 Å². The Morgan fingerprint density at radius 2 is 2.16 bits per heavy atom. The van der Waals surface area contributed by atoms with E-state index in [2.05, 4.69) is 10.2 Å². The van der Waals surface area contributed by atoms with Gasteiger partial charge in [0.1, 0.15) is 18.2 Å². The van der Waals surface area contributed by atoms with Crippen molar-refractivity contribution in [2.75, 3.05) is 0 Å². The summed E-state index contributed by atoms with van der Waals surface area (Å²) in [6.07, 6.45) is 0. The second-order valence-corrected chi connectivity index (χ2v) is 4.62. The van der Waals surface area contributed by atoms with Crippen LogP contribution in [0.5, 0.6) is 5.75 Å². The summed E-state index contributed by atoms with van der Waals surface area (Å²) in [4.78, 5) is 11.2. The van der Waals surface area contributed by atoms with Crippen molar-refractivity contribution in [3.63, 3.8) is 0 Å². The highest BCUT2D eigenvalue weighted by atomic mass is 35.5. The van der Waals surface area contributed by atoms with Crippen LogP contribution in [-0.4, -0.2) is 20.5 Å². The number of carbonyl (C=O) groups is 1. The van der Waals surface area contributed by atoms with Gasteiger partial charge >= 0.3 is 0 Å². The number of aromatic nitrogens is 3. The van der Waals surface area contributed by atoms with E-state index >= 15 is 0 Å². The lowest BCUT2D eigenvalue weighted by Crippen LogP contribution is -2.05. The molecule has 0 N–H and O–H groups in total. The molecule has 19 heavy (non-hydrogen) atoms. The van der Waals surface area contributed by atoms with E-state index in [0.29, 0.717) is 22.2 Å². The van der Waals surface area contributed by atoms with Gasteiger partial charge in [0.2, 0.25) is 0 Å². The van der Waals surface area contributed by atoms with E-state index in [1.54, 1.807) is 18.2 Å². The van der Waals surface area contributed by atoms with E-state index < -0.39 is 0 Å². The summed E-state index contributed by atoms with van der Waals surface area (Å²) in [6, 6.07) is 4.97. The standard InChI is InChI=1S/C13H14ClN3O2/c1-8(18)10-4-5-12(11(14)6-10)19-7-13-16-15-9(2)17(13)3/h4-6H,7H2,1-3H3. The van der Waals surface area contributed by atoms with Crippen LogP contribution >= 0.6 is 11.6 Å². The van der Waals surface area contributed by atoms with Gasteiger partial charge in [-0.2, -0.15) is 0 Å². The molecule has 1 aromatic heterocycles. The van der Waals surface area contributed by atoms with Crippen LogP contribution < -0.4 is 4.74 Å². The molecule has 2 rings (SSSR count). The predicted molar refractivity (Wildman–Crippen MR) is 71.5 cm³/mol. The van der Waals surface area contributed by atoms with Crippen LogP contribution in [-0.2, 0) is 13.7 Å². The number of Topliss-reactive ketones (excluding diaryl/α,β-unsaturated/α-hetero) is 1. The van der Waals surface area contributed by atoms with Crippen LogP contribution in [0.1, 0.15) is 28.9 Å². The summed E-state index contributed by atoms with van der Waals surface area (Å²) < 4.78 is 7.43. The molecule has 0 atom stereocenters. The van der Waals surface area contributed by atoms with E-state index in [1.807, 2.05) is 18.5 Å². The summed E-state index contributed by atoms with van der Waals surface area (Å²) >= 11 is 6.06. The molecule has 5 nitrogen and oxygen atoms in total. The summed E-state index contributed by atoms with van der Waals surface area (Å²) in [7, 11) is 1.87. The Labute approximate surface area is 116 Å². The third kappa shape index (κ3) is 2.93. The van der Waals surface area contributed by atoms with E-state index in [0.717, 1.165) is 5.82 Å². The first-order valence-electron chi connectivity index (χ1n) is 5.77. The number of hydrogen-bond donors (Lipinski definition) is 0. The lowest BCUT2D eigenvalue weighted by atomic mass is 10.1. The quantitative estimate of drug-likeness (QED) is 0.807. The zero-order chi connectivity index (χ0) is 14.0. The van der Waals surface area contributed by atoms with Crippen molar-refractivity contribution < 1.29 is 9.53 Å². The minimum Gasteiger partial charge on any atom is -0.484 e. The molecular weight excluding hydrogens is 266 g/mol. The van der Waals surface area contributed by atoms with E-state index in [9.17, 15) is 4.79 Å². The summed E-state index contributed by atoms with van der Waals surface area (Å²) in [5.74, 6) is 2.02. The molecule has 0 amide bonds. The minimum atomic E-state index is -0.0302. The Morgan fingerprint density at radius 3 is 2.68 bits per heavy atom. The third-order valence-corrected chi connectivity index (χ3v) is 3.17. The van der Waals surface area contributed by atoms with Gasteiger partial charge in [0.05, 0.1) is 5.02 Å². The number of carbonyl (C=O) groups excluding carboxylic acids is 1. The molecule has 0 spiro atoms. The molecule has 100 valence electrons. The van der Waals surface area contributed by atoms with Crippen molar-refractivity contribution in [3.05, 3.63) is 40.4 Å². The van der Waals surface area contributed by atoms with Gasteiger partial charge in [-0.15, -0.1) is 10.2 Å². The number of ketones is 1. The first kappa shape index (κ1) is 13.5. The number of halogens is 1. The van der Waals surface area contributed by atoms with Gasteiger partial charge in [0, 0.05) is 12.6 Å². The van der Waals surface area contributed by atoms with Gasteiger partial charge in [-0.25, -0.2) is 0 Å². The zero-order valence-corrected chi connectivity index (χ0v) is 11.7. The summed E-state index contributed by atoms with van der Waals surface area (Å²) in [5.41, 5.74) is 0.562. The summed E-state index contributed by atoms with van der Waals surface area (Å²) in [6.45, 7) is 3.64. The van der Waals surface area contributed by atoms with Crippen LogP contribution in [0.2, 0.25) is 5.02 Å². The van der Waals surface area contributed by atoms with Crippen molar-refractivity contribution in [3.8, 4) is 5.75 Å². The smallest absolute Gasteiger partial charge is 0.170 e. The van der Waals surface area contributed by atoms with Crippen LogP contribution in [0.4, 0.5) is 0 Å². The molecule has 0 saturated heterocycles. The highest BCUT2D eigenvalue weighted by Gasteiger charge is 2.09. The minimum absolute atomic E-state index is 0.0302. The van der Waals surface area contributed by atoms with Gasteiger partial charge in [0.25, 0.3) is 0 Å². The molecule has 0 aliphatic carbocycles. The third-order valence-electron chi connectivity index (χ3n) is 2.88. The Morgan fingerprint density at radius 1 is 1.42 bits per heavy atom. The molecule has 1 aromatic carbocycles. The molecule has 0 fully saturated rings. The number of benzene rings is 1. The highest BCUT2D eigenvalue weighted by molar-refractivity contribution is 6.32. The number of hydrogen-bond acceptors (Lipinski definition) is 4. The second-order valence-electron chi connectivity index (χ2n) is 4.21. The Balaban J connectivity index is 2.12. The lowest BCUT2D eigenvalue weighted by molar-refractivity contribution is 0.101. The SMILES string of the molecule is CC(=O)c1ccc(OCc2nnc(C)n2C)c(Cl)c1. The lowest BCUT2D eigenvalue weighted by Gasteiger charge is -2.08. The number of ether oxygens (including phenoxy) is 1. The van der Waals surface area contributed by atoms with Gasteiger partial charge in [-0.3, -0.25) is 4.79 Å². The van der Waals surface area contributed by atoms with Crippen molar-refractivity contribution in [1.82, 2.24) is 14.8 Å². The average Bonchev–Trinajstić information content (AvgIpc) is 2.68. The average molecular weight is 280 g/mol. The normalized spacial score (nSPS) is 10.5. The van der Waals surface area contributed by atoms with Gasteiger partial charge in [-0.05, 0) is 32.0 Å². The van der Waals surface area contributed by atoms with Crippen molar-refractivity contribution in [2.24, 2.45) is 7.05 Å². The predicted octanol–water partition coefficient (Wildman–Crippen LogP) is 2.56. The fourth-order valence-corrected chi connectivity index (χ4v) is 1.79. The van der Waals surface area contributed by atoms with Crippen LogP contribution in [0.3, 0.4) is 0 Å². The number of nitrogens with zero attached hydrogens (tertiary/aromatic N) is 3. The van der Waals surface area contributed by atoms with Gasteiger partial charge < -0.3 is 9.30 Å². The maximum atomic E-state index is 11.2. The van der Waals surface area contributed by atoms with Crippen LogP contribution in [0.15, 0.2) is 18.2 Å². The maximum Gasteiger partial charge on any atom is 0.170 e. The molecule has 0 aliphatic heterocycles. The monoisotopic (exact) mass is 279 g/mol. The molecule has 0 saturated carbocycles. The number of aryl methyl sites for hydroxylation is 1. The van der Waals surface area contributed by atoms with Crippen molar-refractivity contribution >= 4 is 17.4 Å². The fourth-order valence-electron chi connectivity index (χ4n) is 1.56. The fraction of sp³-hybridized carbons (Fsp3) is 0.308. The molecule has 0 unspecified atom stereocenters. The van der Waals surface area contributed by atoms with Crippen molar-refractivity contribution in [2.45, 2.75) is 20.5 Å². The van der Waals surface area contributed by atoms with Crippen molar-refractivity contribution in [1.29, 1.82) is 0 Å². The summed E-state index contributed by atoms with van der Waals surface area (Å²) in [5, 5.41) is 8.35. The Bertz CT molecular complexity index is 622. The van der Waals surface area contributed by atoms with E-state index in [1.165, 1.54) is 6.92 Å². The zero-order valence-electron chi connectivity index (χ0n) is 11.0. The molecular formula is C13H14ClN3O2. The highest BCUT2D eigenvalue weighted by Crippen LogP contribution is 2.26. The maximum absolute atomic E-state index is 11.2. The molecule has 0 bridgehead atoms. The van der Waals surface area contributed by atoms with Crippen LogP contribution in [0, 0.1) is 6.92 Å². The Kier molecular flexibility index (Phi) is 3.85. The molecule has 0 aliphatic rings. The molecule has 0 radical (unpaired) electrons. The van der Waals surface area contributed by atoms with E-state index in [-0.39, 0.29) is 12.4 Å². The van der Waals surface area contributed by atoms with Gasteiger partial charge in [0.15, 0.2) is 11.6 Å². The van der Waals surface area contributed by atoms with E-state index in [4.69, 9.17) is 16.3 Å². The molecule has 2 aromatic rings.